The lowest BCUT2D eigenvalue weighted by atomic mass is 10.0. The monoisotopic (exact) mass is 427 g/mol. The van der Waals surface area contributed by atoms with Crippen molar-refractivity contribution in [1.82, 2.24) is 10.6 Å². The van der Waals surface area contributed by atoms with Crippen LogP contribution >= 0.6 is 24.0 Å². The largest absolute Gasteiger partial charge is 0.378 e. The number of ether oxygens (including phenoxy) is 2. The molecule has 2 atom stereocenters. The minimum atomic E-state index is 0. The quantitative estimate of drug-likeness (QED) is 0.338. The van der Waals surface area contributed by atoms with E-state index in [1.807, 2.05) is 0 Å². The lowest BCUT2D eigenvalue weighted by Gasteiger charge is -2.21. The Balaban J connectivity index is 0.00000441. The average molecular weight is 427 g/mol. The fourth-order valence-corrected chi connectivity index (χ4v) is 2.48. The normalized spacial score (nSPS) is 19.9. The third-order valence-electron chi connectivity index (χ3n) is 3.67. The Labute approximate surface area is 153 Å². The molecule has 2 unspecified atom stereocenters. The second-order valence-electron chi connectivity index (χ2n) is 5.81. The molecule has 1 heterocycles. The number of aliphatic imine (C=N–C) groups is 1. The molecule has 0 spiro atoms. The molecular weight excluding hydrogens is 393 g/mol. The van der Waals surface area contributed by atoms with Crippen molar-refractivity contribution in [2.24, 2.45) is 10.9 Å². The number of halogens is 1. The molecule has 0 bridgehead atoms. The molecule has 2 N–H and O–H groups in total. The summed E-state index contributed by atoms with van der Waals surface area (Å²) in [5.41, 5.74) is 0. The molecule has 1 rings (SSSR count). The van der Waals surface area contributed by atoms with Crippen molar-refractivity contribution in [3.8, 4) is 0 Å². The Hall–Kier alpha value is -0.0800. The van der Waals surface area contributed by atoms with Crippen LogP contribution in [0.4, 0.5) is 0 Å². The first-order valence-corrected chi connectivity index (χ1v) is 8.42. The van der Waals surface area contributed by atoms with Crippen LogP contribution in [0.1, 0.15) is 47.0 Å². The zero-order valence-electron chi connectivity index (χ0n) is 14.6. The summed E-state index contributed by atoms with van der Waals surface area (Å²) < 4.78 is 11.4. The van der Waals surface area contributed by atoms with E-state index in [1.54, 1.807) is 0 Å². The minimum absolute atomic E-state index is 0. The molecule has 0 radical (unpaired) electrons. The molecule has 1 saturated heterocycles. The SMILES string of the molecule is CCNC(=NCC1CCCO1)NCCC(OCC)C(C)C.I. The zero-order valence-corrected chi connectivity index (χ0v) is 16.9. The van der Waals surface area contributed by atoms with Gasteiger partial charge in [-0.1, -0.05) is 13.8 Å². The highest BCUT2D eigenvalue weighted by molar-refractivity contribution is 14.0. The van der Waals surface area contributed by atoms with Crippen molar-refractivity contribution in [2.45, 2.75) is 59.2 Å². The lowest BCUT2D eigenvalue weighted by molar-refractivity contribution is 0.0258. The van der Waals surface area contributed by atoms with Gasteiger partial charge in [-0.25, -0.2) is 0 Å². The van der Waals surface area contributed by atoms with E-state index in [2.05, 4.69) is 43.3 Å². The van der Waals surface area contributed by atoms with Gasteiger partial charge < -0.3 is 20.1 Å². The summed E-state index contributed by atoms with van der Waals surface area (Å²) >= 11 is 0. The number of nitrogens with zero attached hydrogens (tertiary/aromatic N) is 1. The Morgan fingerprint density at radius 3 is 2.64 bits per heavy atom. The third-order valence-corrected chi connectivity index (χ3v) is 3.67. The molecule has 22 heavy (non-hydrogen) atoms. The van der Waals surface area contributed by atoms with Crippen molar-refractivity contribution in [1.29, 1.82) is 0 Å². The van der Waals surface area contributed by atoms with Crippen LogP contribution in [-0.2, 0) is 9.47 Å². The number of hydrogen-bond donors (Lipinski definition) is 2. The summed E-state index contributed by atoms with van der Waals surface area (Å²) in [5.74, 6) is 1.42. The maximum atomic E-state index is 5.77. The van der Waals surface area contributed by atoms with Crippen LogP contribution in [0.5, 0.6) is 0 Å². The molecule has 1 fully saturated rings. The number of rotatable bonds is 9. The molecule has 0 aromatic rings. The van der Waals surface area contributed by atoms with E-state index in [4.69, 9.17) is 9.47 Å². The van der Waals surface area contributed by atoms with Gasteiger partial charge in [0.15, 0.2) is 5.96 Å². The first-order valence-electron chi connectivity index (χ1n) is 8.42. The fourth-order valence-electron chi connectivity index (χ4n) is 2.48. The van der Waals surface area contributed by atoms with E-state index in [1.165, 1.54) is 0 Å². The van der Waals surface area contributed by atoms with Gasteiger partial charge in [0.1, 0.15) is 0 Å². The van der Waals surface area contributed by atoms with Gasteiger partial charge in [0.25, 0.3) is 0 Å². The Bertz CT molecular complexity index is 295. The maximum absolute atomic E-state index is 5.77. The molecule has 0 aliphatic carbocycles. The van der Waals surface area contributed by atoms with Gasteiger partial charge in [0, 0.05) is 26.3 Å². The predicted octanol–water partition coefficient (Wildman–Crippen LogP) is 2.79. The summed E-state index contributed by atoms with van der Waals surface area (Å²) in [6, 6.07) is 0. The molecule has 5 nitrogen and oxygen atoms in total. The van der Waals surface area contributed by atoms with Gasteiger partial charge in [-0.3, -0.25) is 4.99 Å². The van der Waals surface area contributed by atoms with Crippen LogP contribution in [0, 0.1) is 5.92 Å². The van der Waals surface area contributed by atoms with Crippen molar-refractivity contribution in [2.75, 3.05) is 32.8 Å². The van der Waals surface area contributed by atoms with Gasteiger partial charge in [-0.05, 0) is 39.0 Å². The fraction of sp³-hybridized carbons (Fsp3) is 0.938. The molecule has 132 valence electrons. The van der Waals surface area contributed by atoms with Gasteiger partial charge in [-0.15, -0.1) is 24.0 Å². The van der Waals surface area contributed by atoms with E-state index in [0.717, 1.165) is 58.1 Å². The zero-order chi connectivity index (χ0) is 15.5. The second-order valence-corrected chi connectivity index (χ2v) is 5.81. The van der Waals surface area contributed by atoms with Crippen molar-refractivity contribution in [3.63, 3.8) is 0 Å². The molecule has 1 aliphatic heterocycles. The van der Waals surface area contributed by atoms with Crippen LogP contribution in [0.3, 0.4) is 0 Å². The van der Waals surface area contributed by atoms with E-state index in [9.17, 15) is 0 Å². The topological polar surface area (TPSA) is 54.9 Å². The van der Waals surface area contributed by atoms with Gasteiger partial charge in [0.05, 0.1) is 18.8 Å². The Morgan fingerprint density at radius 1 is 1.32 bits per heavy atom. The smallest absolute Gasteiger partial charge is 0.191 e. The molecule has 1 aliphatic rings. The Morgan fingerprint density at radius 2 is 2.09 bits per heavy atom. The average Bonchev–Trinajstić information content (AvgIpc) is 2.96. The van der Waals surface area contributed by atoms with Gasteiger partial charge >= 0.3 is 0 Å². The number of guanidine groups is 1. The van der Waals surface area contributed by atoms with Gasteiger partial charge in [-0.2, -0.15) is 0 Å². The van der Waals surface area contributed by atoms with E-state index in [-0.39, 0.29) is 24.0 Å². The highest BCUT2D eigenvalue weighted by Gasteiger charge is 2.15. The van der Waals surface area contributed by atoms with E-state index >= 15 is 0 Å². The van der Waals surface area contributed by atoms with Crippen LogP contribution in [0.15, 0.2) is 4.99 Å². The van der Waals surface area contributed by atoms with E-state index < -0.39 is 0 Å². The lowest BCUT2D eigenvalue weighted by Crippen LogP contribution is -2.39. The highest BCUT2D eigenvalue weighted by atomic mass is 127. The standard InChI is InChI=1S/C16H33N3O2.HI/c1-5-17-16(19-12-14-8-7-11-21-14)18-10-9-15(13(3)4)20-6-2;/h13-15H,5-12H2,1-4H3,(H2,17,18,19);1H. The molecular formula is C16H34IN3O2. The van der Waals surface area contributed by atoms with E-state index in [0.29, 0.717) is 18.1 Å². The first kappa shape index (κ1) is 21.9. The van der Waals surface area contributed by atoms with Crippen LogP contribution in [0.2, 0.25) is 0 Å². The Kier molecular flexibility index (Phi) is 13.3. The third kappa shape index (κ3) is 9.15. The van der Waals surface area contributed by atoms with Crippen LogP contribution in [-0.4, -0.2) is 51.0 Å². The molecule has 0 aromatic carbocycles. The molecule has 6 heteroatoms. The summed E-state index contributed by atoms with van der Waals surface area (Å²) in [6.07, 6.45) is 3.89. The van der Waals surface area contributed by atoms with Crippen LogP contribution in [0.25, 0.3) is 0 Å². The maximum Gasteiger partial charge on any atom is 0.191 e. The second kappa shape index (κ2) is 13.4. The van der Waals surface area contributed by atoms with Crippen molar-refractivity contribution >= 4 is 29.9 Å². The molecule has 0 aromatic heterocycles. The molecule has 0 saturated carbocycles. The summed E-state index contributed by atoms with van der Waals surface area (Å²) in [6.45, 7) is 12.7. The summed E-state index contributed by atoms with van der Waals surface area (Å²) in [5, 5.41) is 6.68. The number of nitrogens with one attached hydrogen (secondary N) is 2. The van der Waals surface area contributed by atoms with Crippen LogP contribution < -0.4 is 10.6 Å². The summed E-state index contributed by atoms with van der Waals surface area (Å²) in [7, 11) is 0. The summed E-state index contributed by atoms with van der Waals surface area (Å²) in [4.78, 5) is 4.61. The van der Waals surface area contributed by atoms with Crippen molar-refractivity contribution < 1.29 is 9.47 Å². The predicted molar refractivity (Wildman–Crippen MR) is 103 cm³/mol. The molecule has 0 amide bonds. The van der Waals surface area contributed by atoms with Crippen molar-refractivity contribution in [3.05, 3.63) is 0 Å². The van der Waals surface area contributed by atoms with Gasteiger partial charge in [0.2, 0.25) is 0 Å². The minimum Gasteiger partial charge on any atom is -0.378 e. The number of hydrogen-bond acceptors (Lipinski definition) is 3. The highest BCUT2D eigenvalue weighted by Crippen LogP contribution is 2.12. The first-order chi connectivity index (χ1) is 10.2.